The van der Waals surface area contributed by atoms with E-state index in [0.29, 0.717) is 24.3 Å². The largest absolute Gasteiger partial charge is 0.481 e. The van der Waals surface area contributed by atoms with E-state index in [-0.39, 0.29) is 40.0 Å². The first-order valence-electron chi connectivity index (χ1n) is 13.0. The molecule has 0 spiro atoms. The zero-order chi connectivity index (χ0) is 28.8. The molecule has 3 heterocycles. The average Bonchev–Trinajstić information content (AvgIpc) is 2.88. The lowest BCUT2D eigenvalue weighted by Gasteiger charge is -2.52. The molecule has 3 aromatic rings. The van der Waals surface area contributed by atoms with Crippen LogP contribution < -0.4 is 9.62 Å². The standard InChI is InChI=1S/C28H29F3N4O4S/c1-16(2)17-7-3-4-8-19(17)26-21(28(29,30)31)12-13-23(32-26)34-40(38,39)25-11-5-10-24(33-25)35-14-6-9-18-20(27(36)37)15-22(18)35/h3-5,7-8,10-13,16,18,20,22H,6,9,14-15H2,1-2H3,(H,32,34)(H,36,37)/t18-,20+,22+/m1/s1. The fraction of sp³-hybridized carbons (Fsp3) is 0.393. The molecule has 1 saturated carbocycles. The van der Waals surface area contributed by atoms with Gasteiger partial charge in [-0.05, 0) is 60.9 Å². The Morgan fingerprint density at radius 3 is 2.52 bits per heavy atom. The first-order valence-corrected chi connectivity index (χ1v) is 14.5. The van der Waals surface area contributed by atoms with Crippen molar-refractivity contribution in [1.82, 2.24) is 9.97 Å². The number of halogens is 3. The molecule has 0 unspecified atom stereocenters. The van der Waals surface area contributed by atoms with Gasteiger partial charge in [-0.1, -0.05) is 44.2 Å². The van der Waals surface area contributed by atoms with E-state index in [9.17, 15) is 31.5 Å². The van der Waals surface area contributed by atoms with Crippen LogP contribution in [0.15, 0.2) is 59.6 Å². The average molecular weight is 575 g/mol. The van der Waals surface area contributed by atoms with E-state index in [1.807, 2.05) is 18.7 Å². The molecule has 2 N–H and O–H groups in total. The molecule has 1 aromatic carbocycles. The van der Waals surface area contributed by atoms with Gasteiger partial charge >= 0.3 is 12.1 Å². The first-order chi connectivity index (χ1) is 18.9. The fourth-order valence-corrected chi connectivity index (χ4v) is 6.70. The van der Waals surface area contributed by atoms with Gasteiger partial charge in [-0.15, -0.1) is 0 Å². The highest BCUT2D eigenvalue weighted by molar-refractivity contribution is 7.92. The van der Waals surface area contributed by atoms with E-state index in [2.05, 4.69) is 14.7 Å². The van der Waals surface area contributed by atoms with E-state index in [1.165, 1.54) is 12.1 Å². The number of rotatable bonds is 7. The highest BCUT2D eigenvalue weighted by atomic mass is 32.2. The summed E-state index contributed by atoms with van der Waals surface area (Å²) in [5.74, 6) is -1.21. The van der Waals surface area contributed by atoms with E-state index < -0.39 is 33.7 Å². The lowest BCUT2D eigenvalue weighted by molar-refractivity contribution is -0.149. The maximum atomic E-state index is 13.9. The predicted octanol–water partition coefficient (Wildman–Crippen LogP) is 5.78. The molecule has 3 atom stereocenters. The molecular weight excluding hydrogens is 545 g/mol. The summed E-state index contributed by atoms with van der Waals surface area (Å²) in [4.78, 5) is 21.9. The Bertz CT molecular complexity index is 1540. The quantitative estimate of drug-likeness (QED) is 0.368. The molecule has 2 fully saturated rings. The van der Waals surface area contributed by atoms with Crippen LogP contribution in [-0.4, -0.2) is 42.0 Å². The summed E-state index contributed by atoms with van der Waals surface area (Å²) in [5, 5.41) is 9.11. The highest BCUT2D eigenvalue weighted by Gasteiger charge is 2.49. The van der Waals surface area contributed by atoms with Crippen molar-refractivity contribution in [2.24, 2.45) is 11.8 Å². The van der Waals surface area contributed by atoms with Crippen LogP contribution in [0.5, 0.6) is 0 Å². The van der Waals surface area contributed by atoms with E-state index in [1.54, 1.807) is 30.3 Å². The molecular formula is C28H29F3N4O4S. The van der Waals surface area contributed by atoms with Crippen molar-refractivity contribution in [2.45, 2.75) is 56.3 Å². The molecule has 40 heavy (non-hydrogen) atoms. The molecule has 12 heteroatoms. The second-order valence-corrected chi connectivity index (χ2v) is 12.1. The Labute approximate surface area is 230 Å². The summed E-state index contributed by atoms with van der Waals surface area (Å²) < 4.78 is 70.7. The number of hydrogen-bond donors (Lipinski definition) is 2. The van der Waals surface area contributed by atoms with Crippen LogP contribution in [0.3, 0.4) is 0 Å². The predicted molar refractivity (Wildman–Crippen MR) is 143 cm³/mol. The topological polar surface area (TPSA) is 112 Å². The summed E-state index contributed by atoms with van der Waals surface area (Å²) in [6.07, 6.45) is -2.68. The number of piperidine rings is 1. The van der Waals surface area contributed by atoms with Gasteiger partial charge in [0.25, 0.3) is 10.0 Å². The van der Waals surface area contributed by atoms with Gasteiger partial charge in [0.2, 0.25) is 0 Å². The SMILES string of the molecule is CC(C)c1ccccc1-c1nc(NS(=O)(=O)c2cccc(N3CCC[C@@H]4[C@@H](C(=O)O)C[C@@H]43)n2)ccc1C(F)(F)F. The van der Waals surface area contributed by atoms with Gasteiger partial charge in [0.15, 0.2) is 5.03 Å². The van der Waals surface area contributed by atoms with Crippen LogP contribution in [0.2, 0.25) is 0 Å². The van der Waals surface area contributed by atoms with Gasteiger partial charge in [-0.25, -0.2) is 9.97 Å². The Kier molecular flexibility index (Phi) is 7.24. The number of aromatic nitrogens is 2. The second kappa shape index (κ2) is 10.4. The Morgan fingerprint density at radius 2 is 1.82 bits per heavy atom. The van der Waals surface area contributed by atoms with Gasteiger partial charge in [0.05, 0.1) is 17.2 Å². The number of anilines is 2. The van der Waals surface area contributed by atoms with Crippen molar-refractivity contribution in [1.29, 1.82) is 0 Å². The Balaban J connectivity index is 1.46. The number of nitrogens with zero attached hydrogens (tertiary/aromatic N) is 3. The number of fused-ring (bicyclic) bond motifs is 1. The van der Waals surface area contributed by atoms with Crippen LogP contribution in [0.1, 0.15) is 50.2 Å². The molecule has 0 bridgehead atoms. The summed E-state index contributed by atoms with van der Waals surface area (Å²) in [6.45, 7) is 4.33. The number of carbonyl (C=O) groups is 1. The van der Waals surface area contributed by atoms with E-state index in [0.717, 1.165) is 25.0 Å². The Hall–Kier alpha value is -3.67. The molecule has 0 radical (unpaired) electrons. The van der Waals surface area contributed by atoms with Gasteiger partial charge in [0.1, 0.15) is 11.6 Å². The number of nitrogens with one attached hydrogen (secondary N) is 1. The van der Waals surface area contributed by atoms with Gasteiger partial charge in [-0.3, -0.25) is 9.52 Å². The molecule has 1 saturated heterocycles. The lowest BCUT2D eigenvalue weighted by Crippen LogP contribution is -2.58. The number of carboxylic acid groups (broad SMARTS) is 1. The zero-order valence-corrected chi connectivity index (χ0v) is 22.7. The first kappa shape index (κ1) is 27.9. The summed E-state index contributed by atoms with van der Waals surface area (Å²) in [7, 11) is -4.31. The van der Waals surface area contributed by atoms with Crippen molar-refractivity contribution in [2.75, 3.05) is 16.2 Å². The molecule has 1 aliphatic carbocycles. The third-order valence-corrected chi connectivity index (χ3v) is 8.97. The summed E-state index contributed by atoms with van der Waals surface area (Å²) >= 11 is 0. The van der Waals surface area contributed by atoms with Crippen molar-refractivity contribution < 1.29 is 31.5 Å². The molecule has 0 amide bonds. The van der Waals surface area contributed by atoms with Crippen LogP contribution in [0.25, 0.3) is 11.3 Å². The molecule has 1 aliphatic heterocycles. The lowest BCUT2D eigenvalue weighted by atomic mass is 9.64. The number of alkyl halides is 3. The fourth-order valence-electron chi connectivity index (χ4n) is 5.74. The summed E-state index contributed by atoms with van der Waals surface area (Å²) in [6, 6.07) is 12.9. The maximum absolute atomic E-state index is 13.9. The van der Waals surface area contributed by atoms with Crippen molar-refractivity contribution >= 4 is 27.6 Å². The number of benzene rings is 1. The van der Waals surface area contributed by atoms with Crippen LogP contribution in [0.4, 0.5) is 24.8 Å². The van der Waals surface area contributed by atoms with Crippen molar-refractivity contribution in [3.8, 4) is 11.3 Å². The van der Waals surface area contributed by atoms with E-state index in [4.69, 9.17) is 0 Å². The van der Waals surface area contributed by atoms with Gasteiger partial charge in [0, 0.05) is 18.2 Å². The number of pyridine rings is 2. The molecule has 2 aliphatic rings. The number of hydrogen-bond acceptors (Lipinski definition) is 6. The Morgan fingerprint density at radius 1 is 1.07 bits per heavy atom. The van der Waals surface area contributed by atoms with Crippen LogP contribution in [0, 0.1) is 11.8 Å². The van der Waals surface area contributed by atoms with Crippen LogP contribution in [-0.2, 0) is 21.0 Å². The second-order valence-electron chi connectivity index (χ2n) is 10.5. The molecule has 5 rings (SSSR count). The van der Waals surface area contributed by atoms with Crippen LogP contribution >= 0.6 is 0 Å². The molecule has 8 nitrogen and oxygen atoms in total. The van der Waals surface area contributed by atoms with Gasteiger partial charge in [-0.2, -0.15) is 21.6 Å². The monoisotopic (exact) mass is 574 g/mol. The molecule has 2 aromatic heterocycles. The molecule has 212 valence electrons. The third-order valence-electron chi connectivity index (χ3n) is 7.72. The summed E-state index contributed by atoms with van der Waals surface area (Å²) in [5.41, 5.74) is -0.416. The van der Waals surface area contributed by atoms with Crippen molar-refractivity contribution in [3.63, 3.8) is 0 Å². The smallest absolute Gasteiger partial charge is 0.418 e. The highest BCUT2D eigenvalue weighted by Crippen LogP contribution is 2.45. The zero-order valence-electron chi connectivity index (χ0n) is 21.9. The minimum Gasteiger partial charge on any atom is -0.481 e. The minimum absolute atomic E-state index is 0.0186. The third kappa shape index (κ3) is 5.24. The number of carboxylic acids is 1. The minimum atomic E-state index is -4.70. The number of aliphatic carboxylic acids is 1. The maximum Gasteiger partial charge on any atom is 0.418 e. The van der Waals surface area contributed by atoms with Crippen molar-refractivity contribution in [3.05, 3.63) is 65.7 Å². The van der Waals surface area contributed by atoms with Gasteiger partial charge < -0.3 is 10.0 Å². The van der Waals surface area contributed by atoms with E-state index >= 15 is 0 Å². The normalized spacial score (nSPS) is 21.1. The number of sulfonamides is 1.